The van der Waals surface area contributed by atoms with E-state index < -0.39 is 5.91 Å². The van der Waals surface area contributed by atoms with Crippen LogP contribution in [0.2, 0.25) is 0 Å². The van der Waals surface area contributed by atoms with Crippen molar-refractivity contribution in [3.8, 4) is 22.7 Å². The smallest absolute Gasteiger partial charge is 0.270 e. The van der Waals surface area contributed by atoms with E-state index >= 15 is 0 Å². The molecule has 2 aromatic carbocycles. The number of carbonyl (C=O) groups excluding carboxylic acids is 2. The van der Waals surface area contributed by atoms with Crippen LogP contribution in [0.1, 0.15) is 28.2 Å². The number of thiophene rings is 1. The van der Waals surface area contributed by atoms with Crippen LogP contribution in [-0.4, -0.2) is 27.0 Å². The van der Waals surface area contributed by atoms with Gasteiger partial charge < -0.3 is 4.42 Å². The number of nitrogens with one attached hydrogen (secondary N) is 2. The highest BCUT2D eigenvalue weighted by Gasteiger charge is 2.16. The van der Waals surface area contributed by atoms with Crippen LogP contribution in [0, 0.1) is 6.92 Å². The van der Waals surface area contributed by atoms with Crippen LogP contribution in [0.25, 0.3) is 33.6 Å². The van der Waals surface area contributed by atoms with E-state index in [4.69, 9.17) is 9.40 Å². The van der Waals surface area contributed by atoms with Gasteiger partial charge in [-0.1, -0.05) is 48.0 Å². The van der Waals surface area contributed by atoms with Crippen molar-refractivity contribution < 1.29 is 14.0 Å². The average molecular weight is 484 g/mol. The van der Waals surface area contributed by atoms with E-state index in [-0.39, 0.29) is 18.7 Å². The second kappa shape index (κ2) is 9.86. The Bertz CT molecular complexity index is 1490. The number of hydrogen-bond donors (Lipinski definition) is 2. The number of hydrazine groups is 1. The minimum absolute atomic E-state index is 0.0806. The Hall–Kier alpha value is -4.37. The number of pyridine rings is 1. The SMILES string of the molecule is Cc1ccc(-c2cc(C(=O)NNC(=O)CCc3nnc(-c4ccsc4)o3)c3ccccc3n2)cc1. The summed E-state index contributed by atoms with van der Waals surface area (Å²) in [5.41, 5.74) is 9.66. The van der Waals surface area contributed by atoms with Crippen LogP contribution in [0.3, 0.4) is 0 Å². The van der Waals surface area contributed by atoms with Gasteiger partial charge in [0.1, 0.15) is 0 Å². The minimum Gasteiger partial charge on any atom is -0.421 e. The lowest BCUT2D eigenvalue weighted by atomic mass is 10.0. The molecule has 0 fully saturated rings. The predicted molar refractivity (Wildman–Crippen MR) is 133 cm³/mol. The molecule has 0 atom stereocenters. The lowest BCUT2D eigenvalue weighted by Gasteiger charge is -2.11. The van der Waals surface area contributed by atoms with Crippen molar-refractivity contribution in [1.82, 2.24) is 26.0 Å². The van der Waals surface area contributed by atoms with E-state index in [9.17, 15) is 9.59 Å². The van der Waals surface area contributed by atoms with Gasteiger partial charge in [-0.05, 0) is 30.5 Å². The van der Waals surface area contributed by atoms with Crippen molar-refractivity contribution in [2.45, 2.75) is 19.8 Å². The Labute approximate surface area is 205 Å². The molecule has 5 rings (SSSR count). The summed E-state index contributed by atoms with van der Waals surface area (Å²) < 4.78 is 5.59. The molecule has 0 aliphatic rings. The lowest BCUT2D eigenvalue weighted by molar-refractivity contribution is -0.121. The molecule has 0 radical (unpaired) electrons. The number of hydrogen-bond acceptors (Lipinski definition) is 7. The molecule has 35 heavy (non-hydrogen) atoms. The molecule has 2 N–H and O–H groups in total. The predicted octanol–water partition coefficient (Wildman–Crippen LogP) is 4.72. The Kier molecular flexibility index (Phi) is 6.32. The maximum absolute atomic E-state index is 13.0. The quantitative estimate of drug-likeness (QED) is 0.338. The van der Waals surface area contributed by atoms with E-state index in [1.807, 2.05) is 72.3 Å². The molecular formula is C26H21N5O3S. The van der Waals surface area contributed by atoms with Crippen molar-refractivity contribution in [2.24, 2.45) is 0 Å². The summed E-state index contributed by atoms with van der Waals surface area (Å²) in [6.07, 6.45) is 0.339. The summed E-state index contributed by atoms with van der Waals surface area (Å²) in [4.78, 5) is 30.1. The maximum Gasteiger partial charge on any atom is 0.270 e. The second-order valence-corrected chi connectivity index (χ2v) is 8.73. The van der Waals surface area contributed by atoms with E-state index in [0.29, 0.717) is 33.9 Å². The van der Waals surface area contributed by atoms with Gasteiger partial charge in [0.05, 0.1) is 16.8 Å². The van der Waals surface area contributed by atoms with Crippen LogP contribution in [0.15, 0.2) is 75.8 Å². The van der Waals surface area contributed by atoms with Crippen molar-refractivity contribution in [1.29, 1.82) is 0 Å². The van der Waals surface area contributed by atoms with E-state index in [2.05, 4.69) is 21.0 Å². The molecule has 0 unspecified atom stereocenters. The number of benzene rings is 2. The molecule has 3 heterocycles. The third-order valence-electron chi connectivity index (χ3n) is 5.42. The molecule has 8 nitrogen and oxygen atoms in total. The van der Waals surface area contributed by atoms with Crippen LogP contribution in [-0.2, 0) is 11.2 Å². The van der Waals surface area contributed by atoms with Gasteiger partial charge in [0.25, 0.3) is 5.91 Å². The maximum atomic E-state index is 13.0. The van der Waals surface area contributed by atoms with Crippen molar-refractivity contribution in [2.75, 3.05) is 0 Å². The van der Waals surface area contributed by atoms with Gasteiger partial charge in [-0.15, -0.1) is 10.2 Å². The highest BCUT2D eigenvalue weighted by atomic mass is 32.1. The third-order valence-corrected chi connectivity index (χ3v) is 6.11. The van der Waals surface area contributed by atoms with E-state index in [1.54, 1.807) is 6.07 Å². The zero-order chi connectivity index (χ0) is 24.2. The molecule has 0 aliphatic carbocycles. The molecule has 2 amide bonds. The lowest BCUT2D eigenvalue weighted by Crippen LogP contribution is -2.41. The van der Waals surface area contributed by atoms with Gasteiger partial charge in [0.15, 0.2) is 0 Å². The number of aryl methyl sites for hydroxylation is 2. The molecule has 0 aliphatic heterocycles. The number of aromatic nitrogens is 3. The fourth-order valence-corrected chi connectivity index (χ4v) is 4.20. The standard InChI is InChI=1S/C26H21N5O3S/c1-16-6-8-17(9-7-16)22-14-20(19-4-2-3-5-21(19)27-22)25(33)30-28-23(32)10-11-24-29-31-26(34-24)18-12-13-35-15-18/h2-9,12-15H,10-11H2,1H3,(H,28,32)(H,30,33). The normalized spacial score (nSPS) is 10.9. The fourth-order valence-electron chi connectivity index (χ4n) is 3.57. The molecule has 0 saturated heterocycles. The summed E-state index contributed by atoms with van der Waals surface area (Å²) in [5.74, 6) is -0.0203. The van der Waals surface area contributed by atoms with Crippen LogP contribution in [0.5, 0.6) is 0 Å². The zero-order valence-corrected chi connectivity index (χ0v) is 19.6. The third kappa shape index (κ3) is 5.10. The Balaban J connectivity index is 1.26. The summed E-state index contributed by atoms with van der Waals surface area (Å²) in [5, 5.41) is 12.5. The first-order valence-electron chi connectivity index (χ1n) is 11.0. The van der Waals surface area contributed by atoms with Crippen LogP contribution in [0.4, 0.5) is 0 Å². The molecular weight excluding hydrogens is 462 g/mol. The van der Waals surface area contributed by atoms with Gasteiger partial charge in [-0.2, -0.15) is 11.3 Å². The van der Waals surface area contributed by atoms with Gasteiger partial charge in [0, 0.05) is 34.7 Å². The fraction of sp³-hybridized carbons (Fsp3) is 0.115. The summed E-state index contributed by atoms with van der Waals surface area (Å²) in [7, 11) is 0. The van der Waals surface area contributed by atoms with Crippen LogP contribution >= 0.6 is 11.3 Å². The summed E-state index contributed by atoms with van der Waals surface area (Å²) >= 11 is 1.53. The Morgan fingerprint density at radius 1 is 0.971 bits per heavy atom. The number of amides is 2. The van der Waals surface area contributed by atoms with Gasteiger partial charge in [0.2, 0.25) is 17.7 Å². The van der Waals surface area contributed by atoms with Crippen molar-refractivity contribution in [3.63, 3.8) is 0 Å². The van der Waals surface area contributed by atoms with Gasteiger partial charge in [-0.3, -0.25) is 20.4 Å². The average Bonchev–Trinajstić information content (AvgIpc) is 3.58. The largest absolute Gasteiger partial charge is 0.421 e. The second-order valence-electron chi connectivity index (χ2n) is 7.95. The molecule has 174 valence electrons. The first kappa shape index (κ1) is 22.4. The Morgan fingerprint density at radius 2 is 1.80 bits per heavy atom. The number of para-hydroxylation sites is 1. The minimum atomic E-state index is -0.428. The topological polar surface area (TPSA) is 110 Å². The monoisotopic (exact) mass is 483 g/mol. The molecule has 0 bridgehead atoms. The highest BCUT2D eigenvalue weighted by Crippen LogP contribution is 2.25. The van der Waals surface area contributed by atoms with E-state index in [0.717, 1.165) is 16.7 Å². The summed E-state index contributed by atoms with van der Waals surface area (Å²) in [6.45, 7) is 2.01. The molecule has 5 aromatic rings. The Morgan fingerprint density at radius 3 is 2.60 bits per heavy atom. The number of rotatable bonds is 6. The number of fused-ring (bicyclic) bond motifs is 1. The van der Waals surface area contributed by atoms with Crippen LogP contribution < -0.4 is 10.9 Å². The number of nitrogens with zero attached hydrogens (tertiary/aromatic N) is 3. The molecule has 3 aromatic heterocycles. The van der Waals surface area contributed by atoms with E-state index in [1.165, 1.54) is 11.3 Å². The molecule has 0 saturated carbocycles. The van der Waals surface area contributed by atoms with Crippen molar-refractivity contribution in [3.05, 3.63) is 88.4 Å². The summed E-state index contributed by atoms with van der Waals surface area (Å²) in [6, 6.07) is 19.0. The molecule has 9 heteroatoms. The number of carbonyl (C=O) groups is 2. The first-order valence-corrected chi connectivity index (χ1v) is 11.9. The highest BCUT2D eigenvalue weighted by molar-refractivity contribution is 7.08. The first-order chi connectivity index (χ1) is 17.1. The van der Waals surface area contributed by atoms with Gasteiger partial charge in [-0.25, -0.2) is 4.98 Å². The zero-order valence-electron chi connectivity index (χ0n) is 18.8. The molecule has 0 spiro atoms. The van der Waals surface area contributed by atoms with Gasteiger partial charge >= 0.3 is 0 Å². The van der Waals surface area contributed by atoms with Crippen molar-refractivity contribution >= 4 is 34.1 Å².